The van der Waals surface area contributed by atoms with Gasteiger partial charge in [0.25, 0.3) is 0 Å². The van der Waals surface area contributed by atoms with E-state index < -0.39 is 0 Å². The van der Waals surface area contributed by atoms with Crippen LogP contribution in [0.3, 0.4) is 0 Å². The molecule has 0 saturated heterocycles. The summed E-state index contributed by atoms with van der Waals surface area (Å²) in [5, 5.41) is 8.20. The minimum Gasteiger partial charge on any atom is -0.151 e. The molecule has 0 bridgehead atoms. The van der Waals surface area contributed by atoms with Gasteiger partial charge in [0.15, 0.2) is 0 Å². The van der Waals surface area contributed by atoms with Crippen molar-refractivity contribution in [2.24, 2.45) is 10.2 Å². The second kappa shape index (κ2) is 7.85. The monoisotopic (exact) mass is 254 g/mol. The van der Waals surface area contributed by atoms with E-state index in [1.54, 1.807) is 0 Å². The largest absolute Gasteiger partial charge is 0.151 e. The van der Waals surface area contributed by atoms with Crippen LogP contribution in [0.4, 0.5) is 11.4 Å². The number of nitrogens with zero attached hydrogens (tertiary/aromatic N) is 2. The summed E-state index contributed by atoms with van der Waals surface area (Å²) in [5.74, 6) is 0. The van der Waals surface area contributed by atoms with Gasteiger partial charge in [0.2, 0.25) is 0 Å². The van der Waals surface area contributed by atoms with Crippen LogP contribution >= 0.6 is 24.8 Å². The first-order valence-electron chi connectivity index (χ1n) is 4.47. The Labute approximate surface area is 107 Å². The maximum Gasteiger partial charge on any atom is 0.0857 e. The molecule has 0 spiro atoms. The van der Waals surface area contributed by atoms with Crippen molar-refractivity contribution >= 4 is 36.2 Å². The molecular weight excluding hydrogens is 243 g/mol. The van der Waals surface area contributed by atoms with E-state index >= 15 is 0 Å². The lowest BCUT2D eigenvalue weighted by Gasteiger charge is -1.91. The van der Waals surface area contributed by atoms with E-state index in [4.69, 9.17) is 0 Å². The summed E-state index contributed by atoms with van der Waals surface area (Å²) in [4.78, 5) is 0. The molecule has 0 saturated carbocycles. The third-order valence-corrected chi connectivity index (χ3v) is 1.79. The van der Waals surface area contributed by atoms with Crippen molar-refractivity contribution in [3.05, 3.63) is 60.7 Å². The van der Waals surface area contributed by atoms with Gasteiger partial charge in [-0.2, -0.15) is 10.2 Å². The van der Waals surface area contributed by atoms with Crippen LogP contribution in [-0.2, 0) is 0 Å². The third-order valence-electron chi connectivity index (χ3n) is 1.79. The van der Waals surface area contributed by atoms with Crippen LogP contribution in [0, 0.1) is 0 Å². The summed E-state index contributed by atoms with van der Waals surface area (Å²) in [7, 11) is 0. The van der Waals surface area contributed by atoms with E-state index in [1.807, 2.05) is 60.7 Å². The second-order valence-corrected chi connectivity index (χ2v) is 2.87. The molecular formula is C12H12Cl2N2. The van der Waals surface area contributed by atoms with Crippen molar-refractivity contribution in [1.82, 2.24) is 0 Å². The molecule has 0 amide bonds. The average molecular weight is 255 g/mol. The molecule has 0 radical (unpaired) electrons. The number of hydrogen-bond acceptors (Lipinski definition) is 2. The summed E-state index contributed by atoms with van der Waals surface area (Å²) >= 11 is 0. The highest BCUT2D eigenvalue weighted by Crippen LogP contribution is 2.16. The predicted molar refractivity (Wildman–Crippen MR) is 71.6 cm³/mol. The molecule has 0 atom stereocenters. The van der Waals surface area contributed by atoms with Gasteiger partial charge < -0.3 is 0 Å². The number of benzene rings is 2. The SMILES string of the molecule is Cl.Cl.c1ccc(N=Nc2ccccc2)cc1. The first kappa shape index (κ1) is 14.6. The van der Waals surface area contributed by atoms with Crippen LogP contribution in [0.5, 0.6) is 0 Å². The van der Waals surface area contributed by atoms with E-state index in [0.717, 1.165) is 11.4 Å². The van der Waals surface area contributed by atoms with Crippen molar-refractivity contribution in [2.45, 2.75) is 0 Å². The Morgan fingerprint density at radius 1 is 0.500 bits per heavy atom. The smallest absolute Gasteiger partial charge is 0.0857 e. The lowest BCUT2D eigenvalue weighted by atomic mass is 10.3. The Bertz CT molecular complexity index is 374. The van der Waals surface area contributed by atoms with E-state index in [9.17, 15) is 0 Å². The number of halogens is 2. The van der Waals surface area contributed by atoms with E-state index in [-0.39, 0.29) is 24.8 Å². The van der Waals surface area contributed by atoms with Crippen LogP contribution < -0.4 is 0 Å². The topological polar surface area (TPSA) is 24.7 Å². The highest BCUT2D eigenvalue weighted by molar-refractivity contribution is 5.85. The van der Waals surface area contributed by atoms with E-state index in [2.05, 4.69) is 10.2 Å². The maximum absolute atomic E-state index is 4.10. The van der Waals surface area contributed by atoms with E-state index in [0.29, 0.717) is 0 Å². The number of azo groups is 1. The molecule has 0 aliphatic heterocycles. The lowest BCUT2D eigenvalue weighted by Crippen LogP contribution is -1.62. The molecule has 16 heavy (non-hydrogen) atoms. The van der Waals surface area contributed by atoms with E-state index in [1.165, 1.54) is 0 Å². The molecule has 0 heterocycles. The summed E-state index contributed by atoms with van der Waals surface area (Å²) < 4.78 is 0. The quantitative estimate of drug-likeness (QED) is 0.678. The Balaban J connectivity index is 0.00000112. The van der Waals surface area contributed by atoms with Crippen molar-refractivity contribution < 1.29 is 0 Å². The molecule has 0 unspecified atom stereocenters. The van der Waals surface area contributed by atoms with Crippen LogP contribution in [0.1, 0.15) is 0 Å². The van der Waals surface area contributed by atoms with Gasteiger partial charge in [-0.1, -0.05) is 36.4 Å². The predicted octanol–water partition coefficient (Wildman–Crippen LogP) is 4.95. The molecule has 0 N–H and O–H groups in total. The van der Waals surface area contributed by atoms with Crippen molar-refractivity contribution in [2.75, 3.05) is 0 Å². The molecule has 0 aliphatic rings. The van der Waals surface area contributed by atoms with Crippen molar-refractivity contribution in [3.8, 4) is 0 Å². The Morgan fingerprint density at radius 2 is 0.812 bits per heavy atom. The molecule has 0 fully saturated rings. The van der Waals surface area contributed by atoms with Gasteiger partial charge in [0.1, 0.15) is 0 Å². The highest BCUT2D eigenvalue weighted by atomic mass is 35.5. The molecule has 2 nitrogen and oxygen atoms in total. The maximum atomic E-state index is 4.10. The lowest BCUT2D eigenvalue weighted by molar-refractivity contribution is 1.23. The van der Waals surface area contributed by atoms with Crippen molar-refractivity contribution in [1.29, 1.82) is 0 Å². The van der Waals surface area contributed by atoms with Gasteiger partial charge in [-0.3, -0.25) is 0 Å². The van der Waals surface area contributed by atoms with Gasteiger partial charge in [-0.05, 0) is 24.3 Å². The van der Waals surface area contributed by atoms with Crippen LogP contribution in [0.2, 0.25) is 0 Å². The fourth-order valence-electron chi connectivity index (χ4n) is 1.10. The summed E-state index contributed by atoms with van der Waals surface area (Å²) in [6.45, 7) is 0. The first-order valence-corrected chi connectivity index (χ1v) is 4.47. The minimum absolute atomic E-state index is 0. The summed E-state index contributed by atoms with van der Waals surface area (Å²) in [6.07, 6.45) is 0. The molecule has 0 aliphatic carbocycles. The van der Waals surface area contributed by atoms with Crippen LogP contribution in [0.25, 0.3) is 0 Å². The number of rotatable bonds is 2. The minimum atomic E-state index is 0. The standard InChI is InChI=1S/C12H10N2.2ClH/c1-3-7-11(8-4-1)13-14-12-9-5-2-6-10-12;;/h1-10H;2*1H. The zero-order chi connectivity index (χ0) is 9.64. The van der Waals surface area contributed by atoms with Crippen molar-refractivity contribution in [3.63, 3.8) is 0 Å². The summed E-state index contributed by atoms with van der Waals surface area (Å²) in [5.41, 5.74) is 1.74. The first-order chi connectivity index (χ1) is 6.95. The zero-order valence-electron chi connectivity index (χ0n) is 8.48. The Morgan fingerprint density at radius 3 is 1.12 bits per heavy atom. The molecule has 0 aromatic heterocycles. The van der Waals surface area contributed by atoms with Gasteiger partial charge in [0, 0.05) is 0 Å². The van der Waals surface area contributed by atoms with Crippen LogP contribution in [-0.4, -0.2) is 0 Å². The molecule has 84 valence electrons. The summed E-state index contributed by atoms with van der Waals surface area (Å²) in [6, 6.07) is 19.4. The van der Waals surface area contributed by atoms with Gasteiger partial charge in [-0.15, -0.1) is 24.8 Å². The highest BCUT2D eigenvalue weighted by Gasteiger charge is 1.86. The van der Waals surface area contributed by atoms with Crippen LogP contribution in [0.15, 0.2) is 70.9 Å². The van der Waals surface area contributed by atoms with Gasteiger partial charge in [0.05, 0.1) is 11.4 Å². The molecule has 2 aromatic rings. The number of hydrogen-bond donors (Lipinski definition) is 0. The fraction of sp³-hybridized carbons (Fsp3) is 0. The Hall–Kier alpha value is -1.38. The average Bonchev–Trinajstić information content (AvgIpc) is 2.29. The second-order valence-electron chi connectivity index (χ2n) is 2.87. The normalized spacial score (nSPS) is 9.25. The van der Waals surface area contributed by atoms with Gasteiger partial charge in [-0.25, -0.2) is 0 Å². The van der Waals surface area contributed by atoms with Gasteiger partial charge >= 0.3 is 0 Å². The fourth-order valence-corrected chi connectivity index (χ4v) is 1.10. The molecule has 2 rings (SSSR count). The molecule has 4 heteroatoms. The Kier molecular flexibility index (Phi) is 7.18. The zero-order valence-corrected chi connectivity index (χ0v) is 10.1. The third kappa shape index (κ3) is 4.43. The molecule has 2 aromatic carbocycles.